The normalized spacial score (nSPS) is 11.4. The number of aromatic nitrogens is 1. The first kappa shape index (κ1) is 12.8. The molecule has 0 saturated heterocycles. The van der Waals surface area contributed by atoms with Gasteiger partial charge in [0.2, 0.25) is 0 Å². The summed E-state index contributed by atoms with van der Waals surface area (Å²) in [6, 6.07) is 10.4. The monoisotopic (exact) mass is 240 g/mol. The Balaban J connectivity index is 1.93. The number of benzene rings is 1. The van der Waals surface area contributed by atoms with E-state index in [-0.39, 0.29) is 0 Å². The van der Waals surface area contributed by atoms with Gasteiger partial charge in [0.1, 0.15) is 0 Å². The Labute approximate surface area is 109 Å². The average Bonchev–Trinajstić information content (AvgIpc) is 2.42. The van der Waals surface area contributed by atoms with Crippen molar-refractivity contribution in [3.63, 3.8) is 0 Å². The smallest absolute Gasteiger partial charge is 0.0707 e. The summed E-state index contributed by atoms with van der Waals surface area (Å²) in [7, 11) is 0. The summed E-state index contributed by atoms with van der Waals surface area (Å²) in [4.78, 5) is 4.36. The van der Waals surface area contributed by atoms with Gasteiger partial charge in [-0.05, 0) is 43.6 Å². The van der Waals surface area contributed by atoms with Crippen LogP contribution in [0.25, 0.3) is 17.0 Å². The number of fused-ring (bicyclic) bond motifs is 1. The van der Waals surface area contributed by atoms with Crippen molar-refractivity contribution in [2.24, 2.45) is 0 Å². The fourth-order valence-electron chi connectivity index (χ4n) is 1.89. The van der Waals surface area contributed by atoms with Crippen molar-refractivity contribution in [2.75, 3.05) is 13.1 Å². The summed E-state index contributed by atoms with van der Waals surface area (Å²) in [5.74, 6) is 0. The summed E-state index contributed by atoms with van der Waals surface area (Å²) in [5.41, 5.74) is 2.28. The van der Waals surface area contributed by atoms with E-state index >= 15 is 0 Å². The highest BCUT2D eigenvalue weighted by atomic mass is 14.8. The summed E-state index contributed by atoms with van der Waals surface area (Å²) in [6.07, 6.45) is 8.49. The van der Waals surface area contributed by atoms with Gasteiger partial charge in [-0.2, -0.15) is 0 Å². The van der Waals surface area contributed by atoms with Gasteiger partial charge < -0.3 is 5.32 Å². The van der Waals surface area contributed by atoms with E-state index in [0.29, 0.717) is 0 Å². The van der Waals surface area contributed by atoms with Gasteiger partial charge in [0.15, 0.2) is 0 Å². The molecule has 0 aliphatic carbocycles. The second-order valence-corrected chi connectivity index (χ2v) is 4.40. The van der Waals surface area contributed by atoms with Gasteiger partial charge in [-0.3, -0.25) is 4.98 Å². The minimum absolute atomic E-state index is 1.05. The minimum Gasteiger partial charge on any atom is -0.316 e. The van der Waals surface area contributed by atoms with Crippen LogP contribution in [0.5, 0.6) is 0 Å². The molecule has 0 fully saturated rings. The number of hydrogen-bond acceptors (Lipinski definition) is 2. The summed E-state index contributed by atoms with van der Waals surface area (Å²) < 4.78 is 0. The van der Waals surface area contributed by atoms with E-state index in [2.05, 4.69) is 53.6 Å². The highest BCUT2D eigenvalue weighted by Crippen LogP contribution is 2.14. The molecule has 0 aliphatic heterocycles. The predicted molar refractivity (Wildman–Crippen MR) is 78.6 cm³/mol. The Bertz CT molecular complexity index is 517. The zero-order valence-electron chi connectivity index (χ0n) is 10.9. The van der Waals surface area contributed by atoms with Gasteiger partial charge >= 0.3 is 0 Å². The fraction of sp³-hybridized carbons (Fsp3) is 0.312. The van der Waals surface area contributed by atoms with E-state index in [9.17, 15) is 0 Å². The van der Waals surface area contributed by atoms with Crippen LogP contribution in [0.3, 0.4) is 0 Å². The van der Waals surface area contributed by atoms with Gasteiger partial charge in [-0.15, -0.1) is 0 Å². The number of pyridine rings is 1. The zero-order valence-corrected chi connectivity index (χ0v) is 10.9. The van der Waals surface area contributed by atoms with Crippen molar-refractivity contribution < 1.29 is 0 Å². The lowest BCUT2D eigenvalue weighted by atomic mass is 10.1. The first-order valence-corrected chi connectivity index (χ1v) is 6.62. The first-order chi connectivity index (χ1) is 8.90. The van der Waals surface area contributed by atoms with Gasteiger partial charge in [0, 0.05) is 11.6 Å². The molecule has 0 bridgehead atoms. The molecular formula is C16H20N2. The van der Waals surface area contributed by atoms with Crippen LogP contribution in [-0.2, 0) is 0 Å². The lowest BCUT2D eigenvalue weighted by Crippen LogP contribution is -2.14. The molecule has 0 saturated carbocycles. The van der Waals surface area contributed by atoms with Crippen molar-refractivity contribution in [3.8, 4) is 0 Å². The lowest BCUT2D eigenvalue weighted by Gasteiger charge is -2.00. The first-order valence-electron chi connectivity index (χ1n) is 6.62. The van der Waals surface area contributed by atoms with Crippen LogP contribution in [-0.4, -0.2) is 18.1 Å². The van der Waals surface area contributed by atoms with Crippen LogP contribution in [0.15, 0.2) is 42.6 Å². The van der Waals surface area contributed by atoms with Crippen LogP contribution in [0, 0.1) is 0 Å². The Morgan fingerprint density at radius 3 is 3.06 bits per heavy atom. The zero-order chi connectivity index (χ0) is 12.6. The number of hydrogen-bond donors (Lipinski definition) is 1. The maximum atomic E-state index is 4.36. The molecule has 1 aromatic heterocycles. The van der Waals surface area contributed by atoms with E-state index in [1.165, 1.54) is 17.4 Å². The van der Waals surface area contributed by atoms with Crippen molar-refractivity contribution in [1.29, 1.82) is 0 Å². The SMILES string of the molecule is CCCNCC/C=C/c1ccc2cccnc2c1. The molecule has 0 atom stereocenters. The highest BCUT2D eigenvalue weighted by molar-refractivity contribution is 5.80. The van der Waals surface area contributed by atoms with Crippen molar-refractivity contribution in [2.45, 2.75) is 19.8 Å². The molecule has 18 heavy (non-hydrogen) atoms. The second-order valence-electron chi connectivity index (χ2n) is 4.40. The van der Waals surface area contributed by atoms with Crippen LogP contribution in [0.2, 0.25) is 0 Å². The molecule has 2 nitrogen and oxygen atoms in total. The molecule has 0 aliphatic rings. The Morgan fingerprint density at radius 1 is 1.22 bits per heavy atom. The van der Waals surface area contributed by atoms with E-state index < -0.39 is 0 Å². The summed E-state index contributed by atoms with van der Waals surface area (Å²) >= 11 is 0. The molecule has 2 rings (SSSR count). The van der Waals surface area contributed by atoms with Gasteiger partial charge in [-0.1, -0.05) is 37.3 Å². The van der Waals surface area contributed by atoms with E-state index in [4.69, 9.17) is 0 Å². The largest absolute Gasteiger partial charge is 0.316 e. The topological polar surface area (TPSA) is 24.9 Å². The standard InChI is InChI=1S/C16H20N2/c1-2-10-17-11-4-3-6-14-8-9-15-7-5-12-18-16(15)13-14/h3,5-9,12-13,17H,2,4,10-11H2,1H3/b6-3+. The molecule has 1 aromatic carbocycles. The molecule has 2 heteroatoms. The fourth-order valence-corrected chi connectivity index (χ4v) is 1.89. The third kappa shape index (κ3) is 3.67. The van der Waals surface area contributed by atoms with Crippen molar-refractivity contribution >= 4 is 17.0 Å². The maximum absolute atomic E-state index is 4.36. The molecule has 1 heterocycles. The van der Waals surface area contributed by atoms with Crippen LogP contribution >= 0.6 is 0 Å². The number of rotatable bonds is 6. The Morgan fingerprint density at radius 2 is 2.17 bits per heavy atom. The van der Waals surface area contributed by atoms with Crippen molar-refractivity contribution in [3.05, 3.63) is 48.2 Å². The summed E-state index contributed by atoms with van der Waals surface area (Å²) in [5, 5.41) is 4.58. The molecule has 0 amide bonds. The lowest BCUT2D eigenvalue weighted by molar-refractivity contribution is 0.679. The predicted octanol–water partition coefficient (Wildman–Crippen LogP) is 3.64. The van der Waals surface area contributed by atoms with Crippen LogP contribution in [0.4, 0.5) is 0 Å². The van der Waals surface area contributed by atoms with Crippen molar-refractivity contribution in [1.82, 2.24) is 10.3 Å². The van der Waals surface area contributed by atoms with Crippen LogP contribution < -0.4 is 5.32 Å². The number of nitrogens with zero attached hydrogens (tertiary/aromatic N) is 1. The molecule has 0 unspecified atom stereocenters. The Hall–Kier alpha value is -1.67. The molecule has 0 radical (unpaired) electrons. The molecule has 1 N–H and O–H groups in total. The molecular weight excluding hydrogens is 220 g/mol. The van der Waals surface area contributed by atoms with E-state index in [1.54, 1.807) is 0 Å². The molecule has 0 spiro atoms. The third-order valence-corrected chi connectivity index (χ3v) is 2.85. The quantitative estimate of drug-likeness (QED) is 0.780. The van der Waals surface area contributed by atoms with Gasteiger partial charge in [-0.25, -0.2) is 0 Å². The molecule has 94 valence electrons. The minimum atomic E-state index is 1.05. The maximum Gasteiger partial charge on any atom is 0.0707 e. The van der Waals surface area contributed by atoms with Gasteiger partial charge in [0.25, 0.3) is 0 Å². The second kappa shape index (κ2) is 6.92. The highest BCUT2D eigenvalue weighted by Gasteiger charge is 1.93. The van der Waals surface area contributed by atoms with E-state index in [0.717, 1.165) is 25.0 Å². The average molecular weight is 240 g/mol. The Kier molecular flexibility index (Phi) is 4.91. The van der Waals surface area contributed by atoms with Crippen LogP contribution in [0.1, 0.15) is 25.3 Å². The number of nitrogens with one attached hydrogen (secondary N) is 1. The van der Waals surface area contributed by atoms with E-state index in [1.807, 2.05) is 12.3 Å². The third-order valence-electron chi connectivity index (χ3n) is 2.85. The molecule has 2 aromatic rings. The summed E-state index contributed by atoms with van der Waals surface area (Å²) in [6.45, 7) is 4.34. The van der Waals surface area contributed by atoms with Gasteiger partial charge in [0.05, 0.1) is 5.52 Å².